The molecule has 110 valence electrons. The maximum atomic E-state index is 9.31. The van der Waals surface area contributed by atoms with Crippen LogP contribution in [0.25, 0.3) is 0 Å². The number of hydrogen-bond donors (Lipinski definition) is 1. The number of nitriles is 1. The summed E-state index contributed by atoms with van der Waals surface area (Å²) >= 11 is 0. The molecule has 0 aromatic rings. The van der Waals surface area contributed by atoms with Crippen molar-refractivity contribution in [1.29, 1.82) is 5.26 Å². The Hall–Kier alpha value is -0.630. The zero-order valence-electron chi connectivity index (χ0n) is 12.7. The molecule has 4 nitrogen and oxygen atoms in total. The van der Waals surface area contributed by atoms with Crippen LogP contribution in [0.2, 0.25) is 0 Å². The first-order valence-corrected chi connectivity index (χ1v) is 7.62. The Morgan fingerprint density at radius 1 is 1.37 bits per heavy atom. The predicted octanol–water partition coefficient (Wildman–Crippen LogP) is 2.16. The van der Waals surface area contributed by atoms with Gasteiger partial charge in [0.15, 0.2) is 0 Å². The van der Waals surface area contributed by atoms with E-state index in [0.29, 0.717) is 6.04 Å². The van der Waals surface area contributed by atoms with E-state index in [4.69, 9.17) is 4.74 Å². The van der Waals surface area contributed by atoms with Crippen LogP contribution in [0.5, 0.6) is 0 Å². The van der Waals surface area contributed by atoms with Crippen molar-refractivity contribution in [3.63, 3.8) is 0 Å². The molecule has 0 amide bonds. The highest BCUT2D eigenvalue weighted by atomic mass is 16.5. The van der Waals surface area contributed by atoms with Gasteiger partial charge in [-0.05, 0) is 52.6 Å². The van der Waals surface area contributed by atoms with E-state index in [2.05, 4.69) is 23.2 Å². The second-order valence-corrected chi connectivity index (χ2v) is 5.60. The van der Waals surface area contributed by atoms with Crippen molar-refractivity contribution < 1.29 is 4.74 Å². The lowest BCUT2D eigenvalue weighted by Gasteiger charge is -2.25. The third-order valence-electron chi connectivity index (χ3n) is 3.70. The van der Waals surface area contributed by atoms with Crippen LogP contribution in [0.4, 0.5) is 0 Å². The van der Waals surface area contributed by atoms with Gasteiger partial charge in [-0.25, -0.2) is 0 Å². The molecule has 1 atom stereocenters. The number of nitrogens with zero attached hydrogens (tertiary/aromatic N) is 2. The highest BCUT2D eigenvalue weighted by Crippen LogP contribution is 2.24. The van der Waals surface area contributed by atoms with Gasteiger partial charge in [-0.3, -0.25) is 5.32 Å². The summed E-state index contributed by atoms with van der Waals surface area (Å²) in [5, 5.41) is 12.8. The molecule has 1 N–H and O–H groups in total. The Bertz CT molecular complexity index is 286. The van der Waals surface area contributed by atoms with E-state index < -0.39 is 0 Å². The summed E-state index contributed by atoms with van der Waals surface area (Å²) in [5.74, 6) is 0. The molecule has 4 heteroatoms. The van der Waals surface area contributed by atoms with Gasteiger partial charge in [0.2, 0.25) is 0 Å². The first kappa shape index (κ1) is 16.4. The molecule has 0 aromatic heterocycles. The first-order chi connectivity index (χ1) is 9.13. The largest absolute Gasteiger partial charge is 0.380 e. The van der Waals surface area contributed by atoms with Crippen molar-refractivity contribution in [2.45, 2.75) is 58.0 Å². The van der Waals surface area contributed by atoms with E-state index in [-0.39, 0.29) is 5.54 Å². The van der Waals surface area contributed by atoms with Gasteiger partial charge in [-0.1, -0.05) is 6.92 Å². The third-order valence-corrected chi connectivity index (χ3v) is 3.70. The molecule has 0 spiro atoms. The SMILES string of the molecule is CCOCCN(CC)CCCC(C)(C#N)NC1CC1. The highest BCUT2D eigenvalue weighted by Gasteiger charge is 2.31. The van der Waals surface area contributed by atoms with Crippen LogP contribution in [-0.2, 0) is 4.74 Å². The number of hydrogen-bond acceptors (Lipinski definition) is 4. The van der Waals surface area contributed by atoms with Crippen LogP contribution >= 0.6 is 0 Å². The molecule has 0 heterocycles. The summed E-state index contributed by atoms with van der Waals surface area (Å²) in [6, 6.07) is 3.03. The number of nitrogens with one attached hydrogen (secondary N) is 1. The Morgan fingerprint density at radius 2 is 2.11 bits per heavy atom. The summed E-state index contributed by atoms with van der Waals surface area (Å²) in [6.07, 6.45) is 4.44. The average molecular weight is 267 g/mol. The smallest absolute Gasteiger partial charge is 0.104 e. The average Bonchev–Trinajstić information content (AvgIpc) is 3.21. The fourth-order valence-electron chi connectivity index (χ4n) is 2.26. The minimum atomic E-state index is -0.347. The monoisotopic (exact) mass is 267 g/mol. The number of ether oxygens (including phenoxy) is 1. The van der Waals surface area contributed by atoms with Gasteiger partial charge in [-0.15, -0.1) is 0 Å². The molecular weight excluding hydrogens is 238 g/mol. The molecule has 1 fully saturated rings. The minimum Gasteiger partial charge on any atom is -0.380 e. The molecule has 1 saturated carbocycles. The molecule has 19 heavy (non-hydrogen) atoms. The van der Waals surface area contributed by atoms with Crippen LogP contribution in [0.3, 0.4) is 0 Å². The molecule has 0 bridgehead atoms. The van der Waals surface area contributed by atoms with Crippen molar-refractivity contribution in [3.8, 4) is 6.07 Å². The molecule has 0 radical (unpaired) electrons. The molecule has 1 unspecified atom stereocenters. The van der Waals surface area contributed by atoms with Gasteiger partial charge >= 0.3 is 0 Å². The van der Waals surface area contributed by atoms with Crippen molar-refractivity contribution in [2.24, 2.45) is 0 Å². The summed E-state index contributed by atoms with van der Waals surface area (Å²) in [6.45, 7) is 10.9. The maximum Gasteiger partial charge on any atom is 0.104 e. The standard InChI is InChI=1S/C15H29N3O/c1-4-18(11-12-19-5-2)10-6-9-15(3,13-16)17-14-7-8-14/h14,17H,4-12H2,1-3H3. The van der Waals surface area contributed by atoms with E-state index in [1.165, 1.54) is 12.8 Å². The Balaban J connectivity index is 2.20. The van der Waals surface area contributed by atoms with Gasteiger partial charge < -0.3 is 9.64 Å². The summed E-state index contributed by atoms with van der Waals surface area (Å²) in [5.41, 5.74) is -0.347. The second kappa shape index (κ2) is 8.52. The van der Waals surface area contributed by atoms with E-state index in [1.807, 2.05) is 13.8 Å². The lowest BCUT2D eigenvalue weighted by molar-refractivity contribution is 0.114. The lowest BCUT2D eigenvalue weighted by Crippen LogP contribution is -2.43. The Labute approximate surface area is 118 Å². The summed E-state index contributed by atoms with van der Waals surface area (Å²) in [7, 11) is 0. The van der Waals surface area contributed by atoms with Crippen LogP contribution in [0, 0.1) is 11.3 Å². The van der Waals surface area contributed by atoms with E-state index in [9.17, 15) is 5.26 Å². The molecule has 0 aromatic carbocycles. The van der Waals surface area contributed by atoms with Crippen molar-refractivity contribution in [2.75, 3.05) is 32.8 Å². The summed E-state index contributed by atoms with van der Waals surface area (Å²) < 4.78 is 5.39. The maximum absolute atomic E-state index is 9.31. The molecule has 0 saturated heterocycles. The van der Waals surface area contributed by atoms with Crippen molar-refractivity contribution in [1.82, 2.24) is 10.2 Å². The van der Waals surface area contributed by atoms with Gasteiger partial charge in [0.1, 0.15) is 5.54 Å². The topological polar surface area (TPSA) is 48.3 Å². The second-order valence-electron chi connectivity index (χ2n) is 5.60. The zero-order valence-corrected chi connectivity index (χ0v) is 12.7. The van der Waals surface area contributed by atoms with Crippen LogP contribution in [0.15, 0.2) is 0 Å². The van der Waals surface area contributed by atoms with Crippen LogP contribution < -0.4 is 5.32 Å². The quantitative estimate of drug-likeness (QED) is 0.583. The zero-order chi connectivity index (χ0) is 14.1. The number of likely N-dealkylation sites (N-methyl/N-ethyl adjacent to an activating group) is 1. The lowest BCUT2D eigenvalue weighted by atomic mass is 9.97. The number of rotatable bonds is 11. The molecular formula is C15H29N3O. The molecule has 1 aliphatic carbocycles. The Kier molecular flexibility index (Phi) is 7.37. The fourth-order valence-corrected chi connectivity index (χ4v) is 2.26. The summed E-state index contributed by atoms with van der Waals surface area (Å²) in [4.78, 5) is 2.39. The van der Waals surface area contributed by atoms with E-state index in [0.717, 1.165) is 45.7 Å². The van der Waals surface area contributed by atoms with E-state index in [1.54, 1.807) is 0 Å². The van der Waals surface area contributed by atoms with Gasteiger partial charge in [-0.2, -0.15) is 5.26 Å². The van der Waals surface area contributed by atoms with Crippen LogP contribution in [0.1, 0.15) is 46.5 Å². The fraction of sp³-hybridized carbons (Fsp3) is 0.933. The van der Waals surface area contributed by atoms with Crippen LogP contribution in [-0.4, -0.2) is 49.3 Å². The third kappa shape index (κ3) is 6.91. The highest BCUT2D eigenvalue weighted by molar-refractivity contribution is 5.07. The molecule has 1 aliphatic rings. The van der Waals surface area contributed by atoms with Gasteiger partial charge in [0, 0.05) is 19.2 Å². The van der Waals surface area contributed by atoms with E-state index >= 15 is 0 Å². The van der Waals surface area contributed by atoms with Gasteiger partial charge in [0.05, 0.1) is 12.7 Å². The minimum absolute atomic E-state index is 0.347. The van der Waals surface area contributed by atoms with Crippen molar-refractivity contribution in [3.05, 3.63) is 0 Å². The molecule has 0 aliphatic heterocycles. The Morgan fingerprint density at radius 3 is 2.63 bits per heavy atom. The van der Waals surface area contributed by atoms with Gasteiger partial charge in [0.25, 0.3) is 0 Å². The molecule has 1 rings (SSSR count). The first-order valence-electron chi connectivity index (χ1n) is 7.62. The van der Waals surface area contributed by atoms with Crippen molar-refractivity contribution >= 4 is 0 Å². The predicted molar refractivity (Wildman–Crippen MR) is 78.0 cm³/mol. The normalized spacial score (nSPS) is 18.3.